The van der Waals surface area contributed by atoms with Gasteiger partial charge < -0.3 is 0 Å². The van der Waals surface area contributed by atoms with Crippen LogP contribution in [-0.2, 0) is 0 Å². The largest absolute Gasteiger partial charge is 0.295 e. The number of H-pyrrole nitrogens is 1. The molecule has 0 spiro atoms. The number of aromatic amines is 1. The summed E-state index contributed by atoms with van der Waals surface area (Å²) < 4.78 is 1.34. The number of nitrogens with one attached hydrogen (secondary N) is 1. The summed E-state index contributed by atoms with van der Waals surface area (Å²) in [4.78, 5) is 17.3. The molecule has 3 aromatic rings. The fourth-order valence-corrected chi connectivity index (χ4v) is 2.56. The third-order valence-electron chi connectivity index (χ3n) is 3.72. The Morgan fingerprint density at radius 2 is 1.95 bits per heavy atom. The Labute approximate surface area is 127 Å². The van der Waals surface area contributed by atoms with Gasteiger partial charge in [0.2, 0.25) is 0 Å². The number of hydrogen-bond donors (Lipinski definition) is 1. The van der Waals surface area contributed by atoms with Crippen molar-refractivity contribution in [2.24, 2.45) is 0 Å². The van der Waals surface area contributed by atoms with Crippen molar-refractivity contribution >= 4 is 5.65 Å². The molecule has 2 heterocycles. The number of rotatable bonds is 2. The maximum atomic E-state index is 12.7. The van der Waals surface area contributed by atoms with Gasteiger partial charge in [0, 0.05) is 17.3 Å². The van der Waals surface area contributed by atoms with Crippen molar-refractivity contribution in [2.75, 3.05) is 0 Å². The molecule has 0 atom stereocenters. The van der Waals surface area contributed by atoms with Crippen LogP contribution in [0.1, 0.15) is 36.5 Å². The van der Waals surface area contributed by atoms with Gasteiger partial charge in [0.15, 0.2) is 5.65 Å². The standard InChI is InChI=1S/C17H16N4O/c1-10(2)14-15(12-6-4-11(3)5-7-12)20-16-13(8-18)9-19-21(16)17(14)22/h4-7,9-10,19H,1-3H3. The summed E-state index contributed by atoms with van der Waals surface area (Å²) in [6.45, 7) is 5.95. The average molecular weight is 292 g/mol. The highest BCUT2D eigenvalue weighted by Crippen LogP contribution is 2.26. The molecular weight excluding hydrogens is 276 g/mol. The molecule has 0 saturated carbocycles. The summed E-state index contributed by atoms with van der Waals surface area (Å²) in [6.07, 6.45) is 1.51. The van der Waals surface area contributed by atoms with E-state index in [-0.39, 0.29) is 11.5 Å². The summed E-state index contributed by atoms with van der Waals surface area (Å²) in [5.41, 5.74) is 3.90. The molecule has 5 heteroatoms. The van der Waals surface area contributed by atoms with Crippen LogP contribution >= 0.6 is 0 Å². The van der Waals surface area contributed by atoms with Crippen LogP contribution in [0.4, 0.5) is 0 Å². The smallest absolute Gasteiger partial charge is 0.276 e. The first-order valence-corrected chi connectivity index (χ1v) is 7.14. The third-order valence-corrected chi connectivity index (χ3v) is 3.72. The Morgan fingerprint density at radius 1 is 1.27 bits per heavy atom. The van der Waals surface area contributed by atoms with E-state index in [1.807, 2.05) is 45.0 Å². The van der Waals surface area contributed by atoms with Crippen molar-refractivity contribution in [2.45, 2.75) is 26.7 Å². The summed E-state index contributed by atoms with van der Waals surface area (Å²) in [5, 5.41) is 12.0. The molecule has 110 valence electrons. The lowest BCUT2D eigenvalue weighted by atomic mass is 9.98. The van der Waals surface area contributed by atoms with Crippen molar-refractivity contribution in [3.8, 4) is 17.3 Å². The van der Waals surface area contributed by atoms with Gasteiger partial charge in [-0.25, -0.2) is 9.50 Å². The minimum absolute atomic E-state index is 0.0297. The van der Waals surface area contributed by atoms with Crippen molar-refractivity contribution in [1.29, 1.82) is 5.26 Å². The van der Waals surface area contributed by atoms with E-state index >= 15 is 0 Å². The Balaban J connectivity index is 2.41. The van der Waals surface area contributed by atoms with E-state index in [0.717, 1.165) is 11.1 Å². The van der Waals surface area contributed by atoms with E-state index in [1.54, 1.807) is 0 Å². The zero-order valence-electron chi connectivity index (χ0n) is 12.7. The van der Waals surface area contributed by atoms with E-state index in [1.165, 1.54) is 10.7 Å². The highest BCUT2D eigenvalue weighted by molar-refractivity contribution is 5.68. The molecule has 2 aromatic heterocycles. The van der Waals surface area contributed by atoms with Gasteiger partial charge in [-0.3, -0.25) is 9.89 Å². The van der Waals surface area contributed by atoms with Gasteiger partial charge in [-0.1, -0.05) is 43.7 Å². The number of nitrogens with zero attached hydrogens (tertiary/aromatic N) is 3. The second kappa shape index (κ2) is 5.15. The molecule has 0 radical (unpaired) electrons. The Kier molecular flexibility index (Phi) is 3.30. The van der Waals surface area contributed by atoms with Crippen LogP contribution in [0.5, 0.6) is 0 Å². The second-order valence-electron chi connectivity index (χ2n) is 5.66. The van der Waals surface area contributed by atoms with E-state index < -0.39 is 0 Å². The molecule has 22 heavy (non-hydrogen) atoms. The summed E-state index contributed by atoms with van der Waals surface area (Å²) >= 11 is 0. The number of nitriles is 1. The van der Waals surface area contributed by atoms with Crippen molar-refractivity contribution in [3.63, 3.8) is 0 Å². The maximum Gasteiger partial charge on any atom is 0.276 e. The first kappa shape index (κ1) is 14.1. The third kappa shape index (κ3) is 2.09. The summed E-state index contributed by atoms with van der Waals surface area (Å²) in [5.74, 6) is 0.0297. The SMILES string of the molecule is Cc1ccc(-c2nc3c(C#N)c[nH]n3c(=O)c2C(C)C)cc1. The van der Waals surface area contributed by atoms with Gasteiger partial charge in [-0.2, -0.15) is 5.26 Å². The monoisotopic (exact) mass is 292 g/mol. The first-order valence-electron chi connectivity index (χ1n) is 7.14. The number of fused-ring (bicyclic) bond motifs is 1. The highest BCUT2D eigenvalue weighted by atomic mass is 16.1. The lowest BCUT2D eigenvalue weighted by Gasteiger charge is -2.12. The van der Waals surface area contributed by atoms with E-state index in [4.69, 9.17) is 5.26 Å². The predicted molar refractivity (Wildman–Crippen MR) is 84.8 cm³/mol. The topological polar surface area (TPSA) is 73.9 Å². The van der Waals surface area contributed by atoms with Gasteiger partial charge in [0.1, 0.15) is 11.6 Å². The van der Waals surface area contributed by atoms with Crippen LogP contribution in [0.25, 0.3) is 16.9 Å². The molecular formula is C17H16N4O. The van der Waals surface area contributed by atoms with E-state index in [2.05, 4.69) is 16.2 Å². The molecule has 3 rings (SSSR count). The Morgan fingerprint density at radius 3 is 2.55 bits per heavy atom. The van der Waals surface area contributed by atoms with Crippen molar-refractivity contribution in [3.05, 3.63) is 57.5 Å². The van der Waals surface area contributed by atoms with Crippen LogP contribution in [0.15, 0.2) is 35.3 Å². The van der Waals surface area contributed by atoms with Crippen molar-refractivity contribution < 1.29 is 0 Å². The molecule has 1 N–H and O–H groups in total. The fraction of sp³-hybridized carbons (Fsp3) is 0.235. The molecule has 0 aliphatic carbocycles. The maximum absolute atomic E-state index is 12.7. The Hall–Kier alpha value is -2.87. The molecule has 1 aromatic carbocycles. The number of aryl methyl sites for hydroxylation is 1. The molecule has 0 aliphatic heterocycles. The van der Waals surface area contributed by atoms with Crippen LogP contribution in [0.2, 0.25) is 0 Å². The van der Waals surface area contributed by atoms with Gasteiger partial charge >= 0.3 is 0 Å². The van der Waals surface area contributed by atoms with Gasteiger partial charge in [0.05, 0.1) is 5.69 Å². The fourth-order valence-electron chi connectivity index (χ4n) is 2.56. The molecule has 0 amide bonds. The van der Waals surface area contributed by atoms with Crippen LogP contribution in [0.3, 0.4) is 0 Å². The van der Waals surface area contributed by atoms with Crippen LogP contribution < -0.4 is 5.56 Å². The van der Waals surface area contributed by atoms with Crippen LogP contribution in [0, 0.1) is 18.3 Å². The Bertz CT molecular complexity index is 940. The molecule has 0 bridgehead atoms. The van der Waals surface area contributed by atoms with Gasteiger partial charge in [-0.15, -0.1) is 0 Å². The molecule has 0 unspecified atom stereocenters. The molecule has 5 nitrogen and oxygen atoms in total. The minimum Gasteiger partial charge on any atom is -0.295 e. The van der Waals surface area contributed by atoms with E-state index in [0.29, 0.717) is 22.5 Å². The summed E-state index contributed by atoms with van der Waals surface area (Å²) in [7, 11) is 0. The van der Waals surface area contributed by atoms with Crippen molar-refractivity contribution in [1.82, 2.24) is 14.6 Å². The normalized spacial score (nSPS) is 11.0. The minimum atomic E-state index is -0.155. The van der Waals surface area contributed by atoms with Crippen LogP contribution in [-0.4, -0.2) is 14.6 Å². The molecule has 0 aliphatic rings. The number of benzene rings is 1. The zero-order valence-corrected chi connectivity index (χ0v) is 12.7. The highest BCUT2D eigenvalue weighted by Gasteiger charge is 2.19. The number of hydrogen-bond acceptors (Lipinski definition) is 3. The lowest BCUT2D eigenvalue weighted by molar-refractivity contribution is 0.797. The zero-order chi connectivity index (χ0) is 15.9. The molecule has 0 saturated heterocycles. The molecule has 0 fully saturated rings. The first-order chi connectivity index (χ1) is 10.5. The van der Waals surface area contributed by atoms with E-state index in [9.17, 15) is 4.79 Å². The average Bonchev–Trinajstić information content (AvgIpc) is 2.90. The second-order valence-corrected chi connectivity index (χ2v) is 5.66. The van der Waals surface area contributed by atoms with Gasteiger partial charge in [-0.05, 0) is 12.8 Å². The predicted octanol–water partition coefficient (Wildman–Crippen LogP) is 2.99. The lowest BCUT2D eigenvalue weighted by Crippen LogP contribution is -2.22. The quantitative estimate of drug-likeness (QED) is 0.789. The number of aromatic nitrogens is 3. The summed E-state index contributed by atoms with van der Waals surface area (Å²) in [6, 6.07) is 9.96. The van der Waals surface area contributed by atoms with Gasteiger partial charge in [0.25, 0.3) is 5.56 Å².